The molecule has 1 aromatic heterocycles. The predicted molar refractivity (Wildman–Crippen MR) is 105 cm³/mol. The van der Waals surface area contributed by atoms with E-state index in [0.717, 1.165) is 23.2 Å². The van der Waals surface area contributed by atoms with Crippen LogP contribution in [0.5, 0.6) is 0 Å². The first-order valence-corrected chi connectivity index (χ1v) is 9.53. The SMILES string of the molecule is C=N/C(=C\C)C(=O)N(Cc1ccc(-c2scnc2C)cc1)C1CCOC1. The minimum atomic E-state index is -0.0969. The third-order valence-electron chi connectivity index (χ3n) is 4.58. The summed E-state index contributed by atoms with van der Waals surface area (Å²) in [5.41, 5.74) is 5.51. The van der Waals surface area contributed by atoms with Crippen LogP contribution in [0.25, 0.3) is 10.4 Å². The highest BCUT2D eigenvalue weighted by Crippen LogP contribution is 2.28. The normalized spacial score (nSPS) is 17.3. The minimum absolute atomic E-state index is 0.0719. The molecule has 0 bridgehead atoms. The molecule has 0 saturated carbocycles. The van der Waals surface area contributed by atoms with E-state index in [4.69, 9.17) is 4.74 Å². The molecule has 2 aromatic rings. The van der Waals surface area contributed by atoms with Crippen molar-refractivity contribution in [1.82, 2.24) is 9.88 Å². The van der Waals surface area contributed by atoms with Crippen LogP contribution in [0.3, 0.4) is 0 Å². The number of benzene rings is 1. The molecule has 3 rings (SSSR count). The zero-order valence-corrected chi connectivity index (χ0v) is 16.0. The standard InChI is InChI=1S/C20H23N3O2S/c1-4-18(21-3)20(24)23(17-9-10-25-12-17)11-15-5-7-16(8-6-15)19-14(2)22-13-26-19/h4-8,13,17H,3,9-12H2,1-2H3/b18-4-. The van der Waals surface area contributed by atoms with Gasteiger partial charge in [0.2, 0.25) is 0 Å². The molecule has 6 heteroatoms. The molecule has 1 aliphatic rings. The maximum absolute atomic E-state index is 12.9. The Morgan fingerprint density at radius 3 is 2.77 bits per heavy atom. The third kappa shape index (κ3) is 3.92. The van der Waals surface area contributed by atoms with Crippen LogP contribution in [0.15, 0.2) is 46.5 Å². The lowest BCUT2D eigenvalue weighted by Crippen LogP contribution is -2.40. The lowest BCUT2D eigenvalue weighted by molar-refractivity contribution is -0.130. The van der Waals surface area contributed by atoms with Gasteiger partial charge in [-0.2, -0.15) is 0 Å². The number of aryl methyl sites for hydroxylation is 1. The number of rotatable bonds is 6. The minimum Gasteiger partial charge on any atom is -0.379 e. The fourth-order valence-corrected chi connectivity index (χ4v) is 3.91. The number of carbonyl (C=O) groups is 1. The van der Waals surface area contributed by atoms with Gasteiger partial charge in [-0.15, -0.1) is 11.3 Å². The van der Waals surface area contributed by atoms with Crippen LogP contribution >= 0.6 is 11.3 Å². The second kappa shape index (κ2) is 8.38. The summed E-state index contributed by atoms with van der Waals surface area (Å²) in [5, 5.41) is 0. The van der Waals surface area contributed by atoms with E-state index in [9.17, 15) is 4.79 Å². The molecule has 0 radical (unpaired) electrons. The van der Waals surface area contributed by atoms with Crippen LogP contribution in [0, 0.1) is 6.92 Å². The van der Waals surface area contributed by atoms with Crippen LogP contribution in [0.2, 0.25) is 0 Å². The van der Waals surface area contributed by atoms with Crippen molar-refractivity contribution in [3.8, 4) is 10.4 Å². The number of hydrogen-bond acceptors (Lipinski definition) is 5. The van der Waals surface area contributed by atoms with E-state index < -0.39 is 0 Å². The van der Waals surface area contributed by atoms with Crippen LogP contribution in [-0.2, 0) is 16.1 Å². The molecular weight excluding hydrogens is 346 g/mol. The number of aliphatic imine (C=N–C) groups is 1. The molecule has 1 saturated heterocycles. The van der Waals surface area contributed by atoms with Crippen molar-refractivity contribution in [3.63, 3.8) is 0 Å². The molecule has 136 valence electrons. The topological polar surface area (TPSA) is 54.8 Å². The van der Waals surface area contributed by atoms with Gasteiger partial charge in [0.05, 0.1) is 28.7 Å². The van der Waals surface area contributed by atoms with E-state index in [1.165, 1.54) is 4.88 Å². The van der Waals surface area contributed by atoms with Gasteiger partial charge in [0.1, 0.15) is 5.70 Å². The lowest BCUT2D eigenvalue weighted by atomic mass is 10.1. The summed E-state index contributed by atoms with van der Waals surface area (Å²) in [7, 11) is 0. The number of ether oxygens (including phenoxy) is 1. The maximum atomic E-state index is 12.9. The second-order valence-corrected chi connectivity index (χ2v) is 7.10. The highest BCUT2D eigenvalue weighted by Gasteiger charge is 2.29. The smallest absolute Gasteiger partial charge is 0.272 e. The van der Waals surface area contributed by atoms with Gasteiger partial charge in [-0.3, -0.25) is 9.79 Å². The molecule has 26 heavy (non-hydrogen) atoms. The van der Waals surface area contributed by atoms with Crippen LogP contribution < -0.4 is 0 Å². The van der Waals surface area contributed by atoms with Gasteiger partial charge in [0.25, 0.3) is 5.91 Å². The zero-order chi connectivity index (χ0) is 18.5. The molecule has 5 nitrogen and oxygen atoms in total. The quantitative estimate of drug-likeness (QED) is 0.574. The number of allylic oxidation sites excluding steroid dienone is 1. The number of carbonyl (C=O) groups excluding carboxylic acids is 1. The van der Waals surface area contributed by atoms with Crippen LogP contribution in [0.1, 0.15) is 24.6 Å². The molecular formula is C20H23N3O2S. The lowest BCUT2D eigenvalue weighted by Gasteiger charge is -2.28. The van der Waals surface area contributed by atoms with Gasteiger partial charge in [0.15, 0.2) is 0 Å². The first-order chi connectivity index (χ1) is 12.6. The number of thiazole rings is 1. The molecule has 1 unspecified atom stereocenters. The van der Waals surface area contributed by atoms with Crippen molar-refractivity contribution in [2.75, 3.05) is 13.2 Å². The van der Waals surface area contributed by atoms with Gasteiger partial charge in [-0.1, -0.05) is 30.3 Å². The molecule has 1 aromatic carbocycles. The summed E-state index contributed by atoms with van der Waals surface area (Å²) in [6.45, 7) is 9.12. The van der Waals surface area contributed by atoms with Crippen molar-refractivity contribution in [1.29, 1.82) is 0 Å². The Kier molecular flexibility index (Phi) is 5.96. The van der Waals surface area contributed by atoms with E-state index in [1.807, 2.05) is 17.3 Å². The highest BCUT2D eigenvalue weighted by atomic mass is 32.1. The molecule has 2 heterocycles. The maximum Gasteiger partial charge on any atom is 0.272 e. The van der Waals surface area contributed by atoms with E-state index >= 15 is 0 Å². The van der Waals surface area contributed by atoms with Crippen molar-refractivity contribution in [2.45, 2.75) is 32.9 Å². The molecule has 0 spiro atoms. The summed E-state index contributed by atoms with van der Waals surface area (Å²) in [6, 6.07) is 8.39. The summed E-state index contributed by atoms with van der Waals surface area (Å²) >= 11 is 1.64. The number of nitrogens with zero attached hydrogens (tertiary/aromatic N) is 3. The molecule has 1 fully saturated rings. The Bertz CT molecular complexity index is 805. The van der Waals surface area contributed by atoms with Crippen LogP contribution in [-0.4, -0.2) is 41.8 Å². The number of amides is 1. The zero-order valence-electron chi connectivity index (χ0n) is 15.1. The Balaban J connectivity index is 1.81. The van der Waals surface area contributed by atoms with E-state index in [1.54, 1.807) is 24.3 Å². The molecule has 1 amide bonds. The van der Waals surface area contributed by atoms with E-state index in [2.05, 4.69) is 41.0 Å². The van der Waals surface area contributed by atoms with E-state index in [0.29, 0.717) is 25.5 Å². The van der Waals surface area contributed by atoms with Gasteiger partial charge in [-0.05, 0) is 38.1 Å². The van der Waals surface area contributed by atoms with Crippen molar-refractivity contribution in [3.05, 3.63) is 52.8 Å². The van der Waals surface area contributed by atoms with Gasteiger partial charge < -0.3 is 9.64 Å². The number of hydrogen-bond donors (Lipinski definition) is 0. The predicted octanol–water partition coefficient (Wildman–Crippen LogP) is 3.84. The van der Waals surface area contributed by atoms with Crippen molar-refractivity contribution < 1.29 is 9.53 Å². The van der Waals surface area contributed by atoms with Crippen LogP contribution in [0.4, 0.5) is 0 Å². The Morgan fingerprint density at radius 1 is 1.46 bits per heavy atom. The number of aromatic nitrogens is 1. The average Bonchev–Trinajstić information content (AvgIpc) is 3.33. The monoisotopic (exact) mass is 369 g/mol. The summed E-state index contributed by atoms with van der Waals surface area (Å²) < 4.78 is 5.49. The average molecular weight is 369 g/mol. The van der Waals surface area contributed by atoms with E-state index in [-0.39, 0.29) is 11.9 Å². The highest BCUT2D eigenvalue weighted by molar-refractivity contribution is 7.13. The molecule has 0 N–H and O–H groups in total. The first-order valence-electron chi connectivity index (χ1n) is 8.65. The summed E-state index contributed by atoms with van der Waals surface area (Å²) in [4.78, 5) is 24.1. The Labute approximate surface area is 158 Å². The van der Waals surface area contributed by atoms with Crippen molar-refractivity contribution in [2.24, 2.45) is 4.99 Å². The van der Waals surface area contributed by atoms with Gasteiger partial charge in [-0.25, -0.2) is 4.98 Å². The Morgan fingerprint density at radius 2 is 2.23 bits per heavy atom. The Hall–Kier alpha value is -2.31. The summed E-state index contributed by atoms with van der Waals surface area (Å²) in [6.07, 6.45) is 2.55. The van der Waals surface area contributed by atoms with Crippen molar-refractivity contribution >= 4 is 24.0 Å². The molecule has 1 aliphatic heterocycles. The third-order valence-corrected chi connectivity index (χ3v) is 5.56. The molecule has 0 aliphatic carbocycles. The largest absolute Gasteiger partial charge is 0.379 e. The first kappa shape index (κ1) is 18.5. The summed E-state index contributed by atoms with van der Waals surface area (Å²) in [5.74, 6) is -0.0969. The second-order valence-electron chi connectivity index (χ2n) is 6.25. The fraction of sp³-hybridized carbons (Fsp3) is 0.350. The van der Waals surface area contributed by atoms with Gasteiger partial charge in [0, 0.05) is 13.2 Å². The van der Waals surface area contributed by atoms with Gasteiger partial charge >= 0.3 is 0 Å². The fourth-order valence-electron chi connectivity index (χ4n) is 3.10. The molecule has 1 atom stereocenters.